The van der Waals surface area contributed by atoms with Gasteiger partial charge in [0.05, 0.1) is 11.5 Å². The van der Waals surface area contributed by atoms with Gasteiger partial charge in [0.1, 0.15) is 0 Å². The van der Waals surface area contributed by atoms with Crippen molar-refractivity contribution in [1.82, 2.24) is 0 Å². The first-order valence-corrected chi connectivity index (χ1v) is 4.02. The van der Waals surface area contributed by atoms with Gasteiger partial charge in [0, 0.05) is 0 Å². The Hall–Kier alpha value is -0.530. The number of rotatable bonds is 2. The zero-order chi connectivity index (χ0) is 8.27. The van der Waals surface area contributed by atoms with E-state index in [-0.39, 0.29) is 5.38 Å². The fourth-order valence-electron chi connectivity index (χ4n) is 0.915. The number of benzene rings is 1. The lowest BCUT2D eigenvalue weighted by molar-refractivity contribution is 0.177. The van der Waals surface area contributed by atoms with Crippen LogP contribution in [-0.4, -0.2) is 10.5 Å². The fourth-order valence-corrected chi connectivity index (χ4v) is 1.06. The molecular formula is C9H11ClO. The molecule has 0 bridgehead atoms. The van der Waals surface area contributed by atoms with Crippen molar-refractivity contribution in [2.45, 2.75) is 18.4 Å². The van der Waals surface area contributed by atoms with Gasteiger partial charge < -0.3 is 5.11 Å². The summed E-state index contributed by atoms with van der Waals surface area (Å²) in [5.41, 5.74) is 0.870. The zero-order valence-electron chi connectivity index (χ0n) is 6.37. The Labute approximate surface area is 71.6 Å². The Morgan fingerprint density at radius 1 is 1.27 bits per heavy atom. The van der Waals surface area contributed by atoms with E-state index in [0.29, 0.717) is 0 Å². The van der Waals surface area contributed by atoms with Crippen LogP contribution in [0, 0.1) is 0 Å². The van der Waals surface area contributed by atoms with Crippen molar-refractivity contribution in [3.8, 4) is 0 Å². The first kappa shape index (κ1) is 8.57. The van der Waals surface area contributed by atoms with Gasteiger partial charge in [-0.3, -0.25) is 0 Å². The smallest absolute Gasteiger partial charge is 0.0950 e. The Morgan fingerprint density at radius 3 is 2.27 bits per heavy atom. The molecule has 2 atom stereocenters. The predicted molar refractivity (Wildman–Crippen MR) is 46.7 cm³/mol. The summed E-state index contributed by atoms with van der Waals surface area (Å²) in [4.78, 5) is 0. The second-order valence-electron chi connectivity index (χ2n) is 2.53. The molecule has 0 aliphatic carbocycles. The van der Waals surface area contributed by atoms with Crippen molar-refractivity contribution in [2.75, 3.05) is 0 Å². The summed E-state index contributed by atoms with van der Waals surface area (Å²) < 4.78 is 0. The van der Waals surface area contributed by atoms with Gasteiger partial charge in [-0.05, 0) is 12.5 Å². The number of halogens is 1. The predicted octanol–water partition coefficient (Wildman–Crippen LogP) is 2.35. The lowest BCUT2D eigenvalue weighted by Gasteiger charge is -2.12. The molecule has 0 aliphatic rings. The van der Waals surface area contributed by atoms with E-state index in [2.05, 4.69) is 0 Å². The van der Waals surface area contributed by atoms with Gasteiger partial charge >= 0.3 is 0 Å². The molecule has 0 heterocycles. The largest absolute Gasteiger partial charge is 0.387 e. The van der Waals surface area contributed by atoms with Crippen LogP contribution >= 0.6 is 11.6 Å². The number of alkyl halides is 1. The molecule has 1 rings (SSSR count). The summed E-state index contributed by atoms with van der Waals surface area (Å²) in [5, 5.41) is 9.23. The highest BCUT2D eigenvalue weighted by Gasteiger charge is 2.11. The molecule has 0 saturated carbocycles. The van der Waals surface area contributed by atoms with Crippen molar-refractivity contribution in [3.63, 3.8) is 0 Å². The highest BCUT2D eigenvalue weighted by atomic mass is 35.5. The fraction of sp³-hybridized carbons (Fsp3) is 0.333. The topological polar surface area (TPSA) is 20.2 Å². The Bertz CT molecular complexity index is 208. The molecule has 1 aromatic carbocycles. The molecule has 11 heavy (non-hydrogen) atoms. The average molecular weight is 171 g/mol. The molecule has 1 unspecified atom stereocenters. The average Bonchev–Trinajstić information content (AvgIpc) is 2.05. The van der Waals surface area contributed by atoms with Gasteiger partial charge in [-0.2, -0.15) is 0 Å². The van der Waals surface area contributed by atoms with Gasteiger partial charge in [-0.25, -0.2) is 0 Å². The normalized spacial score (nSPS) is 15.9. The highest BCUT2D eigenvalue weighted by Crippen LogP contribution is 2.19. The molecule has 0 spiro atoms. The van der Waals surface area contributed by atoms with Crippen LogP contribution in [0.5, 0.6) is 0 Å². The van der Waals surface area contributed by atoms with Crippen molar-refractivity contribution in [1.29, 1.82) is 0 Å². The zero-order valence-corrected chi connectivity index (χ0v) is 7.12. The van der Waals surface area contributed by atoms with E-state index in [1.807, 2.05) is 30.3 Å². The van der Waals surface area contributed by atoms with Gasteiger partial charge in [-0.1, -0.05) is 30.3 Å². The van der Waals surface area contributed by atoms with Crippen molar-refractivity contribution < 1.29 is 5.11 Å². The van der Waals surface area contributed by atoms with Gasteiger partial charge in [0.15, 0.2) is 0 Å². The number of hydrogen-bond donors (Lipinski definition) is 1. The van der Waals surface area contributed by atoms with E-state index in [1.165, 1.54) is 0 Å². The van der Waals surface area contributed by atoms with Gasteiger partial charge in [-0.15, -0.1) is 11.6 Å². The quantitative estimate of drug-likeness (QED) is 0.676. The first-order valence-electron chi connectivity index (χ1n) is 3.59. The number of aliphatic hydroxyl groups is 1. The molecule has 0 saturated heterocycles. The van der Waals surface area contributed by atoms with Crippen molar-refractivity contribution >= 4 is 11.6 Å². The van der Waals surface area contributed by atoms with Crippen LogP contribution in [0.2, 0.25) is 0 Å². The van der Waals surface area contributed by atoms with Crippen LogP contribution in [0.25, 0.3) is 0 Å². The first-order chi connectivity index (χ1) is 5.22. The van der Waals surface area contributed by atoms with E-state index < -0.39 is 6.10 Å². The van der Waals surface area contributed by atoms with Crippen LogP contribution in [-0.2, 0) is 0 Å². The van der Waals surface area contributed by atoms with E-state index >= 15 is 0 Å². The summed E-state index contributed by atoms with van der Waals surface area (Å²) in [6.45, 7) is 1.78. The summed E-state index contributed by atoms with van der Waals surface area (Å²) in [5.74, 6) is 0. The van der Waals surface area contributed by atoms with Gasteiger partial charge in [0.2, 0.25) is 0 Å². The third kappa shape index (κ3) is 2.21. The van der Waals surface area contributed by atoms with Gasteiger partial charge in [0.25, 0.3) is 0 Å². The molecule has 2 heteroatoms. The second-order valence-corrected chi connectivity index (χ2v) is 3.22. The Morgan fingerprint density at radius 2 is 1.82 bits per heavy atom. The minimum atomic E-state index is -0.558. The van der Waals surface area contributed by atoms with E-state index in [9.17, 15) is 5.11 Å². The maximum atomic E-state index is 9.47. The SMILES string of the molecule is CC(Cl)[C@@H](O)c1ccccc1. The molecule has 1 nitrogen and oxygen atoms in total. The molecular weight excluding hydrogens is 160 g/mol. The maximum Gasteiger partial charge on any atom is 0.0950 e. The lowest BCUT2D eigenvalue weighted by Crippen LogP contribution is -2.07. The van der Waals surface area contributed by atoms with Crippen LogP contribution in [0.15, 0.2) is 30.3 Å². The van der Waals surface area contributed by atoms with Crippen LogP contribution in [0.1, 0.15) is 18.6 Å². The van der Waals surface area contributed by atoms with Crippen LogP contribution < -0.4 is 0 Å². The summed E-state index contributed by atoms with van der Waals surface area (Å²) in [6, 6.07) is 9.41. The highest BCUT2D eigenvalue weighted by molar-refractivity contribution is 6.20. The third-order valence-electron chi connectivity index (χ3n) is 1.58. The minimum absolute atomic E-state index is 0.239. The molecule has 1 N–H and O–H groups in total. The standard InChI is InChI=1S/C9H11ClO/c1-7(10)9(11)8-5-3-2-4-6-8/h2-7,9,11H,1H3/t7?,9-/m1/s1. The molecule has 0 fully saturated rings. The van der Waals surface area contributed by atoms with E-state index in [4.69, 9.17) is 11.6 Å². The monoisotopic (exact) mass is 170 g/mol. The van der Waals surface area contributed by atoms with Crippen LogP contribution in [0.3, 0.4) is 0 Å². The summed E-state index contributed by atoms with van der Waals surface area (Å²) in [6.07, 6.45) is -0.558. The minimum Gasteiger partial charge on any atom is -0.387 e. The van der Waals surface area contributed by atoms with E-state index in [0.717, 1.165) is 5.56 Å². The Balaban J connectivity index is 2.77. The Kier molecular flexibility index (Phi) is 2.92. The maximum absolute atomic E-state index is 9.47. The molecule has 0 radical (unpaired) electrons. The third-order valence-corrected chi connectivity index (χ3v) is 1.81. The second kappa shape index (κ2) is 3.74. The van der Waals surface area contributed by atoms with Crippen molar-refractivity contribution in [2.24, 2.45) is 0 Å². The van der Waals surface area contributed by atoms with Crippen molar-refractivity contribution in [3.05, 3.63) is 35.9 Å². The number of hydrogen-bond acceptors (Lipinski definition) is 1. The molecule has 0 aromatic heterocycles. The van der Waals surface area contributed by atoms with Crippen LogP contribution in [0.4, 0.5) is 0 Å². The summed E-state index contributed by atoms with van der Waals surface area (Å²) >= 11 is 5.71. The molecule has 60 valence electrons. The lowest BCUT2D eigenvalue weighted by atomic mass is 10.1. The van der Waals surface area contributed by atoms with E-state index in [1.54, 1.807) is 6.92 Å². The molecule has 0 aliphatic heterocycles. The molecule has 1 aromatic rings. The number of aliphatic hydroxyl groups excluding tert-OH is 1. The molecule has 0 amide bonds. The summed E-state index contributed by atoms with van der Waals surface area (Å²) in [7, 11) is 0.